The third-order valence-electron chi connectivity index (χ3n) is 7.59. The molecule has 1 aromatic heterocycles. The lowest BCUT2D eigenvalue weighted by atomic mass is 10.1. The summed E-state index contributed by atoms with van der Waals surface area (Å²) >= 11 is 0. The van der Waals surface area contributed by atoms with Crippen LogP contribution in [0.1, 0.15) is 36.0 Å². The smallest absolute Gasteiger partial charge is 0.319 e. The van der Waals surface area contributed by atoms with Crippen molar-refractivity contribution in [2.45, 2.75) is 39.7 Å². The fraction of sp³-hybridized carbons (Fsp3) is 0.294. The summed E-state index contributed by atoms with van der Waals surface area (Å²) in [7, 11) is 0. The average molecular weight is 612 g/mol. The van der Waals surface area contributed by atoms with Crippen LogP contribution in [-0.4, -0.2) is 59.1 Å². The molecule has 2 heterocycles. The number of anilines is 2. The second kappa shape index (κ2) is 14.4. The maximum atomic E-state index is 13.3. The number of nitrogens with one attached hydrogen (secondary N) is 2. The van der Waals surface area contributed by atoms with Gasteiger partial charge in [0.2, 0.25) is 5.91 Å². The third kappa shape index (κ3) is 7.99. The molecule has 5 rings (SSSR count). The van der Waals surface area contributed by atoms with E-state index in [2.05, 4.69) is 28.7 Å². The van der Waals surface area contributed by atoms with E-state index in [0.29, 0.717) is 50.6 Å². The van der Waals surface area contributed by atoms with Gasteiger partial charge < -0.3 is 30.1 Å². The Balaban J connectivity index is 1.20. The summed E-state index contributed by atoms with van der Waals surface area (Å²) in [5, 5.41) is 18.5. The minimum atomic E-state index is -0.977. The number of ether oxygens (including phenoxy) is 2. The monoisotopic (exact) mass is 611 g/mol. The largest absolute Gasteiger partial charge is 0.493 e. The molecular weight excluding hydrogens is 574 g/mol. The highest BCUT2D eigenvalue weighted by atomic mass is 16.5. The molecule has 1 aliphatic heterocycles. The molecule has 0 fully saturated rings. The van der Waals surface area contributed by atoms with Crippen LogP contribution < -0.4 is 25.0 Å². The SMILES string of the molecule is Cc1cccc(OCCCC(=O)N2CCOc3c(-c4cnn(Cc5cccc(NC(=O)NCCC(=O)O)c5)c4)cccc32)c1C. The first-order valence-corrected chi connectivity index (χ1v) is 14.9. The molecule has 0 saturated heterocycles. The number of benzene rings is 3. The van der Waals surface area contributed by atoms with Gasteiger partial charge in [-0.25, -0.2) is 4.79 Å². The van der Waals surface area contributed by atoms with E-state index in [1.54, 1.807) is 21.8 Å². The Morgan fingerprint density at radius 2 is 1.87 bits per heavy atom. The molecule has 4 aromatic rings. The lowest BCUT2D eigenvalue weighted by molar-refractivity contribution is -0.136. The number of carboxylic acids is 1. The van der Waals surface area contributed by atoms with Gasteiger partial charge in [0.1, 0.15) is 12.4 Å². The fourth-order valence-corrected chi connectivity index (χ4v) is 5.14. The number of carbonyl (C=O) groups excluding carboxylic acids is 2. The Morgan fingerprint density at radius 1 is 1.04 bits per heavy atom. The van der Waals surface area contributed by atoms with Crippen molar-refractivity contribution in [1.82, 2.24) is 15.1 Å². The molecule has 0 atom stereocenters. The van der Waals surface area contributed by atoms with Crippen molar-refractivity contribution >= 4 is 29.3 Å². The van der Waals surface area contributed by atoms with E-state index in [9.17, 15) is 14.4 Å². The van der Waals surface area contributed by atoms with Crippen molar-refractivity contribution < 1.29 is 29.0 Å². The zero-order valence-corrected chi connectivity index (χ0v) is 25.4. The van der Waals surface area contributed by atoms with E-state index in [1.165, 1.54) is 5.56 Å². The number of carboxylic acid groups (broad SMARTS) is 1. The van der Waals surface area contributed by atoms with Gasteiger partial charge in [-0.1, -0.05) is 36.4 Å². The van der Waals surface area contributed by atoms with Crippen LogP contribution in [0.25, 0.3) is 11.1 Å². The van der Waals surface area contributed by atoms with Gasteiger partial charge >= 0.3 is 12.0 Å². The molecule has 3 N–H and O–H groups in total. The zero-order chi connectivity index (χ0) is 31.8. The summed E-state index contributed by atoms with van der Waals surface area (Å²) in [5.41, 5.74) is 6.24. The maximum Gasteiger partial charge on any atom is 0.319 e. The molecule has 234 valence electrons. The molecule has 11 nitrogen and oxygen atoms in total. The van der Waals surface area contributed by atoms with Gasteiger partial charge in [-0.05, 0) is 61.2 Å². The van der Waals surface area contributed by atoms with Gasteiger partial charge in [-0.3, -0.25) is 14.3 Å². The number of aryl methyl sites for hydroxylation is 1. The molecule has 1 aliphatic rings. The molecule has 11 heteroatoms. The van der Waals surface area contributed by atoms with E-state index < -0.39 is 12.0 Å². The number of urea groups is 1. The van der Waals surface area contributed by atoms with Crippen LogP contribution >= 0.6 is 0 Å². The summed E-state index contributed by atoms with van der Waals surface area (Å²) in [6.07, 6.45) is 4.51. The minimum Gasteiger partial charge on any atom is -0.493 e. The summed E-state index contributed by atoms with van der Waals surface area (Å²) in [6.45, 7) is 5.93. The molecule has 0 unspecified atom stereocenters. The zero-order valence-electron chi connectivity index (χ0n) is 25.4. The highest BCUT2D eigenvalue weighted by Gasteiger charge is 2.26. The lowest BCUT2D eigenvalue weighted by Gasteiger charge is -2.31. The normalized spacial score (nSPS) is 12.2. The molecule has 0 spiro atoms. The summed E-state index contributed by atoms with van der Waals surface area (Å²) < 4.78 is 13.8. The van der Waals surface area contributed by atoms with Crippen molar-refractivity contribution in [2.75, 3.05) is 36.5 Å². The molecular formula is C34H37N5O6. The number of amides is 3. The Labute approximate surface area is 261 Å². The Kier molecular flexibility index (Phi) is 9.98. The highest BCUT2D eigenvalue weighted by Crippen LogP contribution is 2.40. The van der Waals surface area contributed by atoms with Gasteiger partial charge in [0, 0.05) is 36.0 Å². The molecule has 3 aromatic carbocycles. The molecule has 0 radical (unpaired) electrons. The van der Waals surface area contributed by atoms with Crippen molar-refractivity contribution in [3.8, 4) is 22.6 Å². The van der Waals surface area contributed by atoms with E-state index >= 15 is 0 Å². The van der Waals surface area contributed by atoms with Crippen LogP contribution in [0.5, 0.6) is 11.5 Å². The fourth-order valence-electron chi connectivity index (χ4n) is 5.14. The molecule has 45 heavy (non-hydrogen) atoms. The first kappa shape index (κ1) is 31.1. The molecule has 0 saturated carbocycles. The van der Waals surface area contributed by atoms with Crippen LogP contribution in [0.2, 0.25) is 0 Å². The van der Waals surface area contributed by atoms with Gasteiger partial charge in [0.05, 0.1) is 38.0 Å². The van der Waals surface area contributed by atoms with Crippen LogP contribution in [0.3, 0.4) is 0 Å². The maximum absolute atomic E-state index is 13.3. The van der Waals surface area contributed by atoms with Crippen molar-refractivity contribution in [1.29, 1.82) is 0 Å². The van der Waals surface area contributed by atoms with Crippen molar-refractivity contribution in [3.05, 3.63) is 89.7 Å². The number of hydrogen-bond acceptors (Lipinski definition) is 6. The van der Waals surface area contributed by atoms with Gasteiger partial charge in [0.25, 0.3) is 0 Å². The standard InChI is InChI=1S/C34H37N5O6/c1-23-7-3-12-30(24(23)2)44-17-6-13-31(40)39-16-18-45-33-28(10-5-11-29(33)39)26-20-36-38(22-26)21-25-8-4-9-27(19-25)37-34(43)35-15-14-32(41)42/h3-5,7-12,19-20,22H,6,13-18,21H2,1-2H3,(H,41,42)(H2,35,37,43). The second-order valence-corrected chi connectivity index (χ2v) is 10.8. The Morgan fingerprint density at radius 3 is 2.71 bits per heavy atom. The first-order valence-electron chi connectivity index (χ1n) is 14.9. The second-order valence-electron chi connectivity index (χ2n) is 10.8. The summed E-state index contributed by atoms with van der Waals surface area (Å²) in [4.78, 5) is 37.8. The highest BCUT2D eigenvalue weighted by molar-refractivity contribution is 5.97. The van der Waals surface area contributed by atoms with Crippen LogP contribution in [0.15, 0.2) is 73.1 Å². The molecule has 3 amide bonds. The van der Waals surface area contributed by atoms with Crippen LogP contribution in [0, 0.1) is 13.8 Å². The Hall–Kier alpha value is -5.32. The van der Waals surface area contributed by atoms with Gasteiger partial charge in [-0.15, -0.1) is 0 Å². The van der Waals surface area contributed by atoms with Crippen LogP contribution in [0.4, 0.5) is 16.2 Å². The number of para-hydroxylation sites is 1. The van der Waals surface area contributed by atoms with Gasteiger partial charge in [0.15, 0.2) is 5.75 Å². The third-order valence-corrected chi connectivity index (χ3v) is 7.59. The minimum absolute atomic E-state index is 0.0287. The van der Waals surface area contributed by atoms with Crippen molar-refractivity contribution in [3.63, 3.8) is 0 Å². The predicted molar refractivity (Wildman–Crippen MR) is 171 cm³/mol. The number of fused-ring (bicyclic) bond motifs is 1. The summed E-state index contributed by atoms with van der Waals surface area (Å²) in [6, 6.07) is 18.6. The number of rotatable bonds is 12. The summed E-state index contributed by atoms with van der Waals surface area (Å²) in [5.74, 6) is 0.561. The van der Waals surface area contributed by atoms with Crippen molar-refractivity contribution in [2.24, 2.45) is 0 Å². The predicted octanol–water partition coefficient (Wildman–Crippen LogP) is 5.40. The number of hydrogen-bond donors (Lipinski definition) is 3. The Bertz CT molecular complexity index is 1680. The van der Waals surface area contributed by atoms with E-state index in [4.69, 9.17) is 14.6 Å². The average Bonchev–Trinajstić information content (AvgIpc) is 3.48. The molecule has 0 bridgehead atoms. The van der Waals surface area contributed by atoms with E-state index in [-0.39, 0.29) is 18.9 Å². The van der Waals surface area contributed by atoms with Crippen LogP contribution in [-0.2, 0) is 16.1 Å². The topological polar surface area (TPSA) is 135 Å². The number of carbonyl (C=O) groups is 3. The lowest BCUT2D eigenvalue weighted by Crippen LogP contribution is -2.38. The van der Waals surface area contributed by atoms with Gasteiger partial charge in [-0.2, -0.15) is 5.10 Å². The number of nitrogens with zero attached hydrogens (tertiary/aromatic N) is 3. The van der Waals surface area contributed by atoms with E-state index in [1.807, 2.05) is 61.7 Å². The molecule has 0 aliphatic carbocycles. The van der Waals surface area contributed by atoms with E-state index in [0.717, 1.165) is 33.7 Å². The number of aliphatic carboxylic acids is 1. The first-order chi connectivity index (χ1) is 21.8. The quantitative estimate of drug-likeness (QED) is 0.183. The number of aromatic nitrogens is 2.